The average molecular weight is 238 g/mol. The van der Waals surface area contributed by atoms with E-state index in [1.165, 1.54) is 0 Å². The fourth-order valence-corrected chi connectivity index (χ4v) is 2.30. The summed E-state index contributed by atoms with van der Waals surface area (Å²) in [6.45, 7) is 4.95. The molecule has 0 aliphatic rings. The zero-order valence-electron chi connectivity index (χ0n) is 11.2. The molecule has 0 spiro atoms. The maximum Gasteiger partial charge on any atom is 0.126 e. The fourth-order valence-electron chi connectivity index (χ4n) is 2.30. The van der Waals surface area contributed by atoms with E-state index in [9.17, 15) is 4.39 Å². The molecule has 0 bridgehead atoms. The lowest BCUT2D eigenvalue weighted by Gasteiger charge is -2.26. The second-order valence-corrected chi connectivity index (χ2v) is 4.50. The summed E-state index contributed by atoms with van der Waals surface area (Å²) in [4.78, 5) is 0. The average Bonchev–Trinajstić information content (AvgIpc) is 2.33. The van der Waals surface area contributed by atoms with Gasteiger partial charge in [-0.2, -0.15) is 0 Å². The molecule has 0 amide bonds. The molecule has 0 heterocycles. The van der Waals surface area contributed by atoms with Crippen LogP contribution in [0.4, 0.5) is 4.39 Å². The van der Waals surface area contributed by atoms with Crippen LogP contribution in [0.25, 0.3) is 0 Å². The summed E-state index contributed by atoms with van der Waals surface area (Å²) in [7, 11) is 3.92. The van der Waals surface area contributed by atoms with E-state index < -0.39 is 0 Å². The quantitative estimate of drug-likeness (QED) is 0.796. The van der Waals surface area contributed by atoms with E-state index in [0.717, 1.165) is 18.5 Å². The van der Waals surface area contributed by atoms with Gasteiger partial charge in [-0.05, 0) is 50.7 Å². The van der Waals surface area contributed by atoms with Crippen LogP contribution in [0.15, 0.2) is 18.2 Å². The van der Waals surface area contributed by atoms with Crippen molar-refractivity contribution in [3.63, 3.8) is 0 Å². The van der Waals surface area contributed by atoms with Crippen LogP contribution in [-0.2, 0) is 0 Å². The second kappa shape index (κ2) is 6.72. The number of hydrogen-bond donors (Lipinski definition) is 2. The molecule has 17 heavy (non-hydrogen) atoms. The molecule has 1 aromatic carbocycles. The fraction of sp³-hybridized carbons (Fsp3) is 0.571. The molecule has 2 atom stereocenters. The van der Waals surface area contributed by atoms with Crippen molar-refractivity contribution >= 4 is 0 Å². The van der Waals surface area contributed by atoms with Crippen LogP contribution in [0.3, 0.4) is 0 Å². The number of hydrogen-bond acceptors (Lipinski definition) is 2. The lowest BCUT2D eigenvalue weighted by molar-refractivity contribution is 0.359. The molecule has 0 fully saturated rings. The van der Waals surface area contributed by atoms with Crippen molar-refractivity contribution in [1.82, 2.24) is 10.6 Å². The van der Waals surface area contributed by atoms with Gasteiger partial charge in [0.1, 0.15) is 5.82 Å². The maximum atomic E-state index is 13.3. The Labute approximate surface area is 104 Å². The van der Waals surface area contributed by atoms with Crippen molar-refractivity contribution in [3.8, 4) is 0 Å². The lowest BCUT2D eigenvalue weighted by Crippen LogP contribution is -2.31. The molecule has 0 aromatic heterocycles. The molecule has 1 rings (SSSR count). The van der Waals surface area contributed by atoms with Crippen molar-refractivity contribution in [2.45, 2.75) is 26.3 Å². The molecular formula is C14H23FN2. The summed E-state index contributed by atoms with van der Waals surface area (Å²) in [5.41, 5.74) is 1.87. The van der Waals surface area contributed by atoms with Gasteiger partial charge in [-0.3, -0.25) is 0 Å². The Balaban J connectivity index is 2.95. The molecule has 2 N–H and O–H groups in total. The number of benzene rings is 1. The van der Waals surface area contributed by atoms with Gasteiger partial charge in [-0.25, -0.2) is 4.39 Å². The molecular weight excluding hydrogens is 215 g/mol. The Morgan fingerprint density at radius 1 is 1.29 bits per heavy atom. The van der Waals surface area contributed by atoms with Gasteiger partial charge in [0.15, 0.2) is 0 Å². The standard InChI is InChI=1S/C14H23FN2/c1-5-11(9-16-3)14(17-4)12-6-7-13(15)10(2)8-12/h6-8,11,14,16-17H,5,9H2,1-4H3. The minimum Gasteiger partial charge on any atom is -0.319 e. The summed E-state index contributed by atoms with van der Waals surface area (Å²) >= 11 is 0. The smallest absolute Gasteiger partial charge is 0.126 e. The predicted octanol–water partition coefficient (Wildman–Crippen LogP) is 2.64. The highest BCUT2D eigenvalue weighted by Gasteiger charge is 2.19. The molecule has 2 unspecified atom stereocenters. The minimum atomic E-state index is -0.134. The summed E-state index contributed by atoms with van der Waals surface area (Å²) < 4.78 is 13.3. The second-order valence-electron chi connectivity index (χ2n) is 4.50. The highest BCUT2D eigenvalue weighted by atomic mass is 19.1. The van der Waals surface area contributed by atoms with Gasteiger partial charge in [0.2, 0.25) is 0 Å². The monoisotopic (exact) mass is 238 g/mol. The van der Waals surface area contributed by atoms with Crippen molar-refractivity contribution in [2.75, 3.05) is 20.6 Å². The van der Waals surface area contributed by atoms with Crippen LogP contribution in [0.5, 0.6) is 0 Å². The molecule has 96 valence electrons. The van der Waals surface area contributed by atoms with Crippen LogP contribution in [0.2, 0.25) is 0 Å². The van der Waals surface area contributed by atoms with Gasteiger partial charge >= 0.3 is 0 Å². The van der Waals surface area contributed by atoms with Crippen LogP contribution in [0, 0.1) is 18.7 Å². The van der Waals surface area contributed by atoms with Crippen molar-refractivity contribution in [3.05, 3.63) is 35.1 Å². The Morgan fingerprint density at radius 3 is 2.47 bits per heavy atom. The zero-order chi connectivity index (χ0) is 12.8. The topological polar surface area (TPSA) is 24.1 Å². The van der Waals surface area contributed by atoms with Gasteiger partial charge < -0.3 is 10.6 Å². The van der Waals surface area contributed by atoms with Crippen LogP contribution < -0.4 is 10.6 Å². The normalized spacial score (nSPS) is 14.6. The van der Waals surface area contributed by atoms with E-state index in [-0.39, 0.29) is 11.9 Å². The van der Waals surface area contributed by atoms with Gasteiger partial charge in [-0.1, -0.05) is 25.5 Å². The first kappa shape index (κ1) is 14.1. The molecule has 0 radical (unpaired) electrons. The van der Waals surface area contributed by atoms with Crippen LogP contribution in [-0.4, -0.2) is 20.6 Å². The third kappa shape index (κ3) is 3.51. The van der Waals surface area contributed by atoms with Crippen LogP contribution >= 0.6 is 0 Å². The van der Waals surface area contributed by atoms with Crippen molar-refractivity contribution < 1.29 is 4.39 Å². The summed E-state index contributed by atoms with van der Waals surface area (Å²) in [5, 5.41) is 6.55. The molecule has 0 aliphatic heterocycles. The van der Waals surface area contributed by atoms with E-state index in [1.54, 1.807) is 6.07 Å². The molecule has 1 aromatic rings. The van der Waals surface area contributed by atoms with E-state index >= 15 is 0 Å². The Hall–Kier alpha value is -0.930. The van der Waals surface area contributed by atoms with Gasteiger partial charge in [0.25, 0.3) is 0 Å². The highest BCUT2D eigenvalue weighted by molar-refractivity contribution is 5.27. The third-order valence-electron chi connectivity index (χ3n) is 3.31. The number of aryl methyl sites for hydroxylation is 1. The molecule has 0 aliphatic carbocycles. The Morgan fingerprint density at radius 2 is 2.00 bits per heavy atom. The molecule has 2 nitrogen and oxygen atoms in total. The van der Waals surface area contributed by atoms with E-state index in [2.05, 4.69) is 17.6 Å². The van der Waals surface area contributed by atoms with E-state index in [1.807, 2.05) is 33.2 Å². The maximum absolute atomic E-state index is 13.3. The zero-order valence-corrected chi connectivity index (χ0v) is 11.2. The third-order valence-corrected chi connectivity index (χ3v) is 3.31. The number of halogens is 1. The van der Waals surface area contributed by atoms with Crippen molar-refractivity contribution in [2.24, 2.45) is 5.92 Å². The molecule has 0 saturated heterocycles. The SMILES string of the molecule is CCC(CNC)C(NC)c1ccc(F)c(C)c1. The predicted molar refractivity (Wildman–Crippen MR) is 70.6 cm³/mol. The first-order chi connectivity index (χ1) is 8.13. The number of nitrogens with one attached hydrogen (secondary N) is 2. The van der Waals surface area contributed by atoms with Gasteiger partial charge in [-0.15, -0.1) is 0 Å². The first-order valence-electron chi connectivity index (χ1n) is 6.21. The summed E-state index contributed by atoms with van der Waals surface area (Å²) in [6, 6.07) is 5.64. The molecule has 0 saturated carbocycles. The Bertz CT molecular complexity index is 352. The van der Waals surface area contributed by atoms with E-state index in [4.69, 9.17) is 0 Å². The summed E-state index contributed by atoms with van der Waals surface area (Å²) in [5.74, 6) is 0.375. The van der Waals surface area contributed by atoms with Gasteiger partial charge in [0.05, 0.1) is 0 Å². The Kier molecular flexibility index (Phi) is 5.59. The highest BCUT2D eigenvalue weighted by Crippen LogP contribution is 2.25. The molecule has 3 heteroatoms. The van der Waals surface area contributed by atoms with Crippen LogP contribution in [0.1, 0.15) is 30.5 Å². The first-order valence-corrected chi connectivity index (χ1v) is 6.21. The number of rotatable bonds is 6. The largest absolute Gasteiger partial charge is 0.319 e. The lowest BCUT2D eigenvalue weighted by atomic mass is 9.90. The minimum absolute atomic E-state index is 0.134. The van der Waals surface area contributed by atoms with Gasteiger partial charge in [0, 0.05) is 6.04 Å². The van der Waals surface area contributed by atoms with E-state index in [0.29, 0.717) is 11.5 Å². The van der Waals surface area contributed by atoms with Crippen molar-refractivity contribution in [1.29, 1.82) is 0 Å². The summed E-state index contributed by atoms with van der Waals surface area (Å²) in [6.07, 6.45) is 1.09.